The molecule has 3 aromatic rings. The second-order valence-corrected chi connectivity index (χ2v) is 7.35. The lowest BCUT2D eigenvalue weighted by molar-refractivity contribution is -0.123. The fourth-order valence-electron chi connectivity index (χ4n) is 3.03. The molecule has 2 aromatic carbocycles. The molecule has 2 amide bonds. The first kappa shape index (κ1) is 23.5. The van der Waals surface area contributed by atoms with Crippen LogP contribution in [0.4, 0.5) is 5.69 Å². The van der Waals surface area contributed by atoms with Gasteiger partial charge in [-0.05, 0) is 49.2 Å². The number of carbonyl (C=O) groups is 2. The van der Waals surface area contributed by atoms with E-state index < -0.39 is 6.04 Å². The maximum absolute atomic E-state index is 12.6. The van der Waals surface area contributed by atoms with Crippen molar-refractivity contribution in [1.29, 1.82) is 0 Å². The average molecular weight is 447 g/mol. The molecule has 0 saturated carbocycles. The Morgan fingerprint density at radius 1 is 1.15 bits per heavy atom. The van der Waals surface area contributed by atoms with Gasteiger partial charge >= 0.3 is 0 Å². The SMILES string of the molecule is CCc1cc(=O)[nH]c(-c2cccc(NC(=O)C(C)NC(=O)C=Cc3ccc(OC)cc3)c2)n1. The van der Waals surface area contributed by atoms with Crippen LogP contribution in [0.5, 0.6) is 5.75 Å². The summed E-state index contributed by atoms with van der Waals surface area (Å²) < 4.78 is 5.10. The van der Waals surface area contributed by atoms with Crippen molar-refractivity contribution in [3.63, 3.8) is 0 Å². The Labute approximate surface area is 191 Å². The normalized spacial score (nSPS) is 11.7. The number of nitrogens with zero attached hydrogens (tertiary/aromatic N) is 1. The smallest absolute Gasteiger partial charge is 0.251 e. The molecule has 170 valence electrons. The molecule has 0 spiro atoms. The minimum Gasteiger partial charge on any atom is -0.497 e. The molecule has 1 atom stereocenters. The van der Waals surface area contributed by atoms with E-state index in [9.17, 15) is 14.4 Å². The van der Waals surface area contributed by atoms with Crippen LogP contribution in [0.1, 0.15) is 25.1 Å². The molecule has 8 heteroatoms. The number of ether oxygens (including phenoxy) is 1. The Hall–Kier alpha value is -4.20. The van der Waals surface area contributed by atoms with Crippen molar-refractivity contribution >= 4 is 23.6 Å². The first-order valence-corrected chi connectivity index (χ1v) is 10.5. The van der Waals surface area contributed by atoms with E-state index in [1.807, 2.05) is 19.1 Å². The number of aryl methyl sites for hydroxylation is 1. The number of carbonyl (C=O) groups excluding carboxylic acids is 2. The number of hydrogen-bond acceptors (Lipinski definition) is 5. The predicted molar refractivity (Wildman–Crippen MR) is 128 cm³/mol. The summed E-state index contributed by atoms with van der Waals surface area (Å²) in [6.45, 7) is 3.52. The number of rotatable bonds is 8. The monoisotopic (exact) mass is 446 g/mol. The number of anilines is 1. The molecule has 1 aromatic heterocycles. The zero-order valence-electron chi connectivity index (χ0n) is 18.7. The van der Waals surface area contributed by atoms with Gasteiger partial charge < -0.3 is 20.4 Å². The van der Waals surface area contributed by atoms with Crippen LogP contribution in [0.25, 0.3) is 17.5 Å². The summed E-state index contributed by atoms with van der Waals surface area (Å²) in [4.78, 5) is 43.7. The first-order chi connectivity index (χ1) is 15.9. The van der Waals surface area contributed by atoms with Gasteiger partial charge in [0.25, 0.3) is 5.56 Å². The molecule has 0 saturated heterocycles. The predicted octanol–water partition coefficient (Wildman–Crippen LogP) is 3.16. The molecule has 0 fully saturated rings. The third-order valence-corrected chi connectivity index (χ3v) is 4.86. The van der Waals surface area contributed by atoms with Crippen LogP contribution >= 0.6 is 0 Å². The average Bonchev–Trinajstić information content (AvgIpc) is 2.82. The van der Waals surface area contributed by atoms with Crippen LogP contribution in [0.2, 0.25) is 0 Å². The first-order valence-electron chi connectivity index (χ1n) is 10.5. The molecule has 0 radical (unpaired) electrons. The summed E-state index contributed by atoms with van der Waals surface area (Å²) in [6.07, 6.45) is 3.66. The van der Waals surface area contributed by atoms with Crippen LogP contribution in [0.15, 0.2) is 65.5 Å². The van der Waals surface area contributed by atoms with Gasteiger partial charge in [0, 0.05) is 29.1 Å². The Morgan fingerprint density at radius 2 is 1.91 bits per heavy atom. The topological polar surface area (TPSA) is 113 Å². The van der Waals surface area contributed by atoms with Crippen molar-refractivity contribution in [2.24, 2.45) is 0 Å². The lowest BCUT2D eigenvalue weighted by Crippen LogP contribution is -2.40. The molecule has 3 rings (SSSR count). The summed E-state index contributed by atoms with van der Waals surface area (Å²) in [7, 11) is 1.59. The Bertz CT molecular complexity index is 1220. The summed E-state index contributed by atoms with van der Waals surface area (Å²) >= 11 is 0. The van der Waals surface area contributed by atoms with Crippen molar-refractivity contribution in [3.05, 3.63) is 82.3 Å². The van der Waals surface area contributed by atoms with Crippen molar-refractivity contribution in [1.82, 2.24) is 15.3 Å². The van der Waals surface area contributed by atoms with E-state index in [4.69, 9.17) is 4.74 Å². The maximum atomic E-state index is 12.6. The van der Waals surface area contributed by atoms with Gasteiger partial charge in [0.15, 0.2) is 0 Å². The minimum absolute atomic E-state index is 0.231. The van der Waals surface area contributed by atoms with E-state index in [-0.39, 0.29) is 17.4 Å². The van der Waals surface area contributed by atoms with Crippen LogP contribution < -0.4 is 20.9 Å². The number of aromatic nitrogens is 2. The molecular formula is C25H26N4O4. The number of H-pyrrole nitrogens is 1. The van der Waals surface area contributed by atoms with Crippen LogP contribution in [0, 0.1) is 0 Å². The summed E-state index contributed by atoms with van der Waals surface area (Å²) in [5, 5.41) is 5.41. The standard InChI is InChI=1S/C25H26N4O4/c1-4-19-15-23(31)29-24(27-19)18-6-5-7-20(14-18)28-25(32)16(2)26-22(30)13-10-17-8-11-21(33-3)12-9-17/h5-16H,4H2,1-3H3,(H,26,30)(H,28,32)(H,27,29,31). The highest BCUT2D eigenvalue weighted by molar-refractivity contribution is 6.00. The number of hydrogen-bond donors (Lipinski definition) is 3. The van der Waals surface area contributed by atoms with E-state index in [1.54, 1.807) is 56.5 Å². The lowest BCUT2D eigenvalue weighted by atomic mass is 10.1. The molecular weight excluding hydrogens is 420 g/mol. The van der Waals surface area contributed by atoms with Gasteiger partial charge in [-0.1, -0.05) is 31.2 Å². The highest BCUT2D eigenvalue weighted by Crippen LogP contribution is 2.19. The van der Waals surface area contributed by atoms with Gasteiger partial charge in [-0.25, -0.2) is 4.98 Å². The molecule has 33 heavy (non-hydrogen) atoms. The quantitative estimate of drug-likeness (QED) is 0.460. The van der Waals surface area contributed by atoms with E-state index in [0.717, 1.165) is 11.3 Å². The number of benzene rings is 2. The molecule has 0 aliphatic rings. The molecule has 1 unspecified atom stereocenters. The van der Waals surface area contributed by atoms with Crippen LogP contribution in [-0.4, -0.2) is 34.9 Å². The highest BCUT2D eigenvalue weighted by atomic mass is 16.5. The van der Waals surface area contributed by atoms with E-state index in [0.29, 0.717) is 29.2 Å². The number of methoxy groups -OCH3 is 1. The summed E-state index contributed by atoms with van der Waals surface area (Å²) in [5.74, 6) is 0.397. The zero-order valence-corrected chi connectivity index (χ0v) is 18.7. The Balaban J connectivity index is 1.62. The molecule has 0 aliphatic heterocycles. The zero-order chi connectivity index (χ0) is 23.8. The molecule has 8 nitrogen and oxygen atoms in total. The molecule has 1 heterocycles. The van der Waals surface area contributed by atoms with Gasteiger partial charge in [0.05, 0.1) is 7.11 Å². The highest BCUT2D eigenvalue weighted by Gasteiger charge is 2.15. The summed E-state index contributed by atoms with van der Waals surface area (Å²) in [6, 6.07) is 14.9. The van der Waals surface area contributed by atoms with Crippen molar-refractivity contribution in [3.8, 4) is 17.1 Å². The second kappa shape index (κ2) is 10.9. The Morgan fingerprint density at radius 3 is 2.61 bits per heavy atom. The third kappa shape index (κ3) is 6.64. The van der Waals surface area contributed by atoms with Gasteiger partial charge in [-0.3, -0.25) is 14.4 Å². The van der Waals surface area contributed by atoms with E-state index in [1.165, 1.54) is 12.1 Å². The third-order valence-electron chi connectivity index (χ3n) is 4.86. The fraction of sp³-hybridized carbons (Fsp3) is 0.200. The minimum atomic E-state index is -0.761. The number of aromatic amines is 1. The van der Waals surface area contributed by atoms with Gasteiger partial charge in [0.2, 0.25) is 11.8 Å². The van der Waals surface area contributed by atoms with Crippen LogP contribution in [-0.2, 0) is 16.0 Å². The van der Waals surface area contributed by atoms with Crippen molar-refractivity contribution in [2.45, 2.75) is 26.3 Å². The molecule has 0 aliphatic carbocycles. The largest absolute Gasteiger partial charge is 0.497 e. The van der Waals surface area contributed by atoms with Crippen molar-refractivity contribution < 1.29 is 14.3 Å². The maximum Gasteiger partial charge on any atom is 0.251 e. The summed E-state index contributed by atoms with van der Waals surface area (Å²) in [5.41, 5.74) is 2.47. The molecule has 0 bridgehead atoms. The van der Waals surface area contributed by atoms with Crippen LogP contribution in [0.3, 0.4) is 0 Å². The van der Waals surface area contributed by atoms with E-state index >= 15 is 0 Å². The van der Waals surface area contributed by atoms with Crippen molar-refractivity contribution in [2.75, 3.05) is 12.4 Å². The van der Waals surface area contributed by atoms with Gasteiger partial charge in [0.1, 0.15) is 17.6 Å². The Kier molecular flexibility index (Phi) is 7.75. The van der Waals surface area contributed by atoms with Gasteiger partial charge in [-0.2, -0.15) is 0 Å². The van der Waals surface area contributed by atoms with Gasteiger partial charge in [-0.15, -0.1) is 0 Å². The number of nitrogens with one attached hydrogen (secondary N) is 3. The number of amides is 2. The second-order valence-electron chi connectivity index (χ2n) is 7.35. The molecule has 3 N–H and O–H groups in total. The fourth-order valence-corrected chi connectivity index (χ4v) is 3.03. The van der Waals surface area contributed by atoms with E-state index in [2.05, 4.69) is 20.6 Å². The lowest BCUT2D eigenvalue weighted by Gasteiger charge is -2.13.